The lowest BCUT2D eigenvalue weighted by molar-refractivity contribution is -0.120. The van der Waals surface area contributed by atoms with Crippen LogP contribution >= 0.6 is 11.6 Å². The number of amides is 1. The number of aromatic nitrogens is 1. The number of benzene rings is 2. The summed E-state index contributed by atoms with van der Waals surface area (Å²) in [4.78, 5) is 19.2. The second-order valence-corrected chi connectivity index (χ2v) is 8.98. The van der Waals surface area contributed by atoms with Crippen molar-refractivity contribution in [3.8, 4) is 16.9 Å². The summed E-state index contributed by atoms with van der Waals surface area (Å²) in [7, 11) is 0. The van der Waals surface area contributed by atoms with E-state index in [-0.39, 0.29) is 24.7 Å². The molecule has 7 heteroatoms. The molecule has 5 nitrogen and oxygen atoms in total. The molecular weight excluding hydrogens is 453 g/mol. The Morgan fingerprint density at radius 3 is 2.53 bits per heavy atom. The second-order valence-electron chi connectivity index (χ2n) is 8.54. The lowest BCUT2D eigenvalue weighted by Gasteiger charge is -2.26. The first-order valence-electron chi connectivity index (χ1n) is 11.7. The lowest BCUT2D eigenvalue weighted by Crippen LogP contribution is -2.33. The molecule has 2 aromatic carbocycles. The largest absolute Gasteiger partial charge is 0.492 e. The van der Waals surface area contributed by atoms with Crippen LogP contribution in [0.5, 0.6) is 5.75 Å². The zero-order valence-electron chi connectivity index (χ0n) is 19.1. The van der Waals surface area contributed by atoms with E-state index in [0.717, 1.165) is 30.8 Å². The number of halogens is 2. The normalized spacial score (nSPS) is 14.1. The standard InChI is InChI=1S/C27H29ClFN3O2/c28-23-7-4-21(5-8-23)22-6-9-25(30-19-22)17-27(33)31-18-20-14-24(29)16-26(15-20)34-13-12-32-10-2-1-3-11-32/h4-9,14-16,19H,1-3,10-13,17-18H2,(H,31,33). The quantitative estimate of drug-likeness (QED) is 0.452. The highest BCUT2D eigenvalue weighted by Gasteiger charge is 2.11. The predicted molar refractivity (Wildman–Crippen MR) is 132 cm³/mol. The third-order valence-electron chi connectivity index (χ3n) is 5.89. The number of piperidine rings is 1. The summed E-state index contributed by atoms with van der Waals surface area (Å²) in [5, 5.41) is 3.52. The van der Waals surface area contributed by atoms with Crippen molar-refractivity contribution in [3.05, 3.63) is 82.9 Å². The fourth-order valence-electron chi connectivity index (χ4n) is 4.05. The SMILES string of the molecule is O=C(Cc1ccc(-c2ccc(Cl)cc2)cn1)NCc1cc(F)cc(OCCN2CCCCC2)c1. The average Bonchev–Trinajstić information content (AvgIpc) is 2.84. The highest BCUT2D eigenvalue weighted by molar-refractivity contribution is 6.30. The molecule has 0 atom stereocenters. The third kappa shape index (κ3) is 7.27. The van der Waals surface area contributed by atoms with Gasteiger partial charge in [-0.15, -0.1) is 0 Å². The van der Waals surface area contributed by atoms with Crippen molar-refractivity contribution in [2.75, 3.05) is 26.2 Å². The topological polar surface area (TPSA) is 54.5 Å². The van der Waals surface area contributed by atoms with Gasteiger partial charge in [-0.3, -0.25) is 14.7 Å². The van der Waals surface area contributed by atoms with E-state index in [0.29, 0.717) is 28.6 Å². The molecule has 178 valence electrons. The number of ether oxygens (including phenoxy) is 1. The van der Waals surface area contributed by atoms with Crippen LogP contribution in [0.4, 0.5) is 4.39 Å². The maximum absolute atomic E-state index is 14.1. The zero-order chi connectivity index (χ0) is 23.8. The third-order valence-corrected chi connectivity index (χ3v) is 6.14. The van der Waals surface area contributed by atoms with Crippen LogP contribution in [0.25, 0.3) is 11.1 Å². The number of nitrogens with zero attached hydrogens (tertiary/aromatic N) is 2. The Morgan fingerprint density at radius 1 is 1.03 bits per heavy atom. The number of pyridine rings is 1. The summed E-state index contributed by atoms with van der Waals surface area (Å²) in [6.07, 6.45) is 5.64. The number of hydrogen-bond donors (Lipinski definition) is 1. The van der Waals surface area contributed by atoms with Crippen LogP contribution in [0.3, 0.4) is 0 Å². The summed E-state index contributed by atoms with van der Waals surface area (Å²) >= 11 is 5.93. The van der Waals surface area contributed by atoms with Gasteiger partial charge in [0.2, 0.25) is 5.91 Å². The first-order valence-corrected chi connectivity index (χ1v) is 12.1. The van der Waals surface area contributed by atoms with Crippen molar-refractivity contribution < 1.29 is 13.9 Å². The monoisotopic (exact) mass is 481 g/mol. The molecule has 0 radical (unpaired) electrons. The number of nitrogens with one attached hydrogen (secondary N) is 1. The molecule has 1 aliphatic heterocycles. The smallest absolute Gasteiger partial charge is 0.226 e. The van der Waals surface area contributed by atoms with E-state index in [1.54, 1.807) is 12.3 Å². The van der Waals surface area contributed by atoms with Gasteiger partial charge in [0, 0.05) is 41.6 Å². The van der Waals surface area contributed by atoms with Crippen molar-refractivity contribution in [2.24, 2.45) is 0 Å². The van der Waals surface area contributed by atoms with E-state index < -0.39 is 0 Å². The lowest BCUT2D eigenvalue weighted by atomic mass is 10.1. The molecule has 1 N–H and O–H groups in total. The summed E-state index contributed by atoms with van der Waals surface area (Å²) in [6.45, 7) is 3.78. The number of hydrogen-bond acceptors (Lipinski definition) is 4. The Bertz CT molecular complexity index is 1080. The van der Waals surface area contributed by atoms with Crippen molar-refractivity contribution in [3.63, 3.8) is 0 Å². The van der Waals surface area contributed by atoms with Gasteiger partial charge in [-0.25, -0.2) is 4.39 Å². The Hall–Kier alpha value is -2.96. The number of carbonyl (C=O) groups is 1. The molecule has 0 aliphatic carbocycles. The van der Waals surface area contributed by atoms with Crippen molar-refractivity contribution in [1.82, 2.24) is 15.2 Å². The van der Waals surface area contributed by atoms with Crippen molar-refractivity contribution >= 4 is 17.5 Å². The van der Waals surface area contributed by atoms with Gasteiger partial charge in [0.05, 0.1) is 6.42 Å². The average molecular weight is 482 g/mol. The first kappa shape index (κ1) is 24.2. The highest BCUT2D eigenvalue weighted by Crippen LogP contribution is 2.21. The molecule has 0 unspecified atom stereocenters. The fourth-order valence-corrected chi connectivity index (χ4v) is 4.18. The molecule has 0 saturated carbocycles. The van der Waals surface area contributed by atoms with E-state index in [4.69, 9.17) is 16.3 Å². The predicted octanol–water partition coefficient (Wildman–Crippen LogP) is 5.26. The molecule has 0 spiro atoms. The molecule has 3 aromatic rings. The maximum Gasteiger partial charge on any atom is 0.226 e. The van der Waals surface area contributed by atoms with Crippen LogP contribution < -0.4 is 10.1 Å². The Balaban J connectivity index is 1.25. The Morgan fingerprint density at radius 2 is 1.79 bits per heavy atom. The summed E-state index contributed by atoms with van der Waals surface area (Å²) in [5.41, 5.74) is 3.28. The molecule has 0 bridgehead atoms. The number of rotatable bonds is 9. The van der Waals surface area contributed by atoms with Crippen molar-refractivity contribution in [2.45, 2.75) is 32.2 Å². The van der Waals surface area contributed by atoms with E-state index in [1.807, 2.05) is 36.4 Å². The van der Waals surface area contributed by atoms with Gasteiger partial charge in [0.15, 0.2) is 0 Å². The van der Waals surface area contributed by atoms with Gasteiger partial charge in [0.1, 0.15) is 18.2 Å². The molecule has 1 aromatic heterocycles. The van der Waals surface area contributed by atoms with Crippen LogP contribution in [0, 0.1) is 5.82 Å². The number of carbonyl (C=O) groups excluding carboxylic acids is 1. The summed E-state index contributed by atoms with van der Waals surface area (Å²) < 4.78 is 19.8. The molecule has 1 aliphatic rings. The van der Waals surface area contributed by atoms with Gasteiger partial charge in [0.25, 0.3) is 0 Å². The van der Waals surface area contributed by atoms with Gasteiger partial charge in [-0.05, 0) is 67.4 Å². The van der Waals surface area contributed by atoms with Crippen molar-refractivity contribution in [1.29, 1.82) is 0 Å². The van der Waals surface area contributed by atoms with Gasteiger partial charge in [-0.1, -0.05) is 36.2 Å². The maximum atomic E-state index is 14.1. The fraction of sp³-hybridized carbons (Fsp3) is 0.333. The van der Waals surface area contributed by atoms with Gasteiger partial charge >= 0.3 is 0 Å². The molecule has 1 saturated heterocycles. The van der Waals surface area contributed by atoms with Crippen LogP contribution in [0.15, 0.2) is 60.8 Å². The molecule has 4 rings (SSSR count). The molecule has 1 amide bonds. The van der Waals surface area contributed by atoms with E-state index in [9.17, 15) is 9.18 Å². The first-order chi connectivity index (χ1) is 16.5. The van der Waals surface area contributed by atoms with Gasteiger partial charge < -0.3 is 10.1 Å². The molecule has 34 heavy (non-hydrogen) atoms. The van der Waals surface area contributed by atoms with Crippen LogP contribution in [-0.2, 0) is 17.8 Å². The molecular formula is C27H29ClFN3O2. The van der Waals surface area contributed by atoms with Crippen LogP contribution in [0.2, 0.25) is 5.02 Å². The van der Waals surface area contributed by atoms with Crippen LogP contribution in [-0.4, -0.2) is 42.0 Å². The second kappa shape index (κ2) is 12.0. The van der Waals surface area contributed by atoms with E-state index in [2.05, 4.69) is 15.2 Å². The Kier molecular flexibility index (Phi) is 8.50. The minimum absolute atomic E-state index is 0.148. The Labute approximate surface area is 204 Å². The molecule has 2 heterocycles. The van der Waals surface area contributed by atoms with E-state index >= 15 is 0 Å². The zero-order valence-corrected chi connectivity index (χ0v) is 19.9. The minimum atomic E-state index is -0.376. The summed E-state index contributed by atoms with van der Waals surface area (Å²) in [5.74, 6) is -0.0662. The van der Waals surface area contributed by atoms with Gasteiger partial charge in [-0.2, -0.15) is 0 Å². The molecule has 1 fully saturated rings. The number of likely N-dealkylation sites (tertiary alicyclic amines) is 1. The summed E-state index contributed by atoms with van der Waals surface area (Å²) in [6, 6.07) is 15.8. The van der Waals surface area contributed by atoms with E-state index in [1.165, 1.54) is 31.4 Å². The minimum Gasteiger partial charge on any atom is -0.492 e. The van der Waals surface area contributed by atoms with Crippen LogP contribution in [0.1, 0.15) is 30.5 Å². The highest BCUT2D eigenvalue weighted by atomic mass is 35.5.